The molecule has 1 aliphatic heterocycles. The molecule has 0 saturated carbocycles. The number of rotatable bonds is 12. The second-order valence-electron chi connectivity index (χ2n) is 10.7. The van der Waals surface area contributed by atoms with Crippen LogP contribution >= 0.6 is 12.4 Å². The third-order valence-corrected chi connectivity index (χ3v) is 7.66. The number of piperidine rings is 1. The van der Waals surface area contributed by atoms with Gasteiger partial charge in [-0.2, -0.15) is 0 Å². The van der Waals surface area contributed by atoms with E-state index >= 15 is 0 Å². The fourth-order valence-electron chi connectivity index (χ4n) is 5.00. The minimum atomic E-state index is -4.81. The van der Waals surface area contributed by atoms with E-state index in [0.717, 1.165) is 63.2 Å². The number of hydrogen-bond acceptors (Lipinski definition) is 6. The molecule has 2 amide bonds. The van der Waals surface area contributed by atoms with Gasteiger partial charge in [0.15, 0.2) is 0 Å². The number of urea groups is 1. The van der Waals surface area contributed by atoms with Gasteiger partial charge in [0.1, 0.15) is 17.2 Å². The van der Waals surface area contributed by atoms with Crippen molar-refractivity contribution in [1.29, 1.82) is 0 Å². The van der Waals surface area contributed by atoms with Gasteiger partial charge in [0, 0.05) is 49.7 Å². The number of unbranched alkanes of at least 4 members (excludes halogenated alkanes) is 1. The van der Waals surface area contributed by atoms with Crippen LogP contribution in [0.4, 0.5) is 29.3 Å². The summed E-state index contributed by atoms with van der Waals surface area (Å²) in [6.07, 6.45) is -0.437. The molecule has 0 bridgehead atoms. The molecule has 3 aromatic carbocycles. The topological polar surface area (TPSA) is 100 Å². The van der Waals surface area contributed by atoms with Crippen LogP contribution in [0.5, 0.6) is 17.2 Å². The largest absolute Gasteiger partial charge is 0.573 e. The molecular weight excluding hydrogens is 633 g/mol. The van der Waals surface area contributed by atoms with Gasteiger partial charge in [-0.25, -0.2) is 13.2 Å². The van der Waals surface area contributed by atoms with Gasteiger partial charge in [-0.1, -0.05) is 31.5 Å². The van der Waals surface area contributed by atoms with Gasteiger partial charge in [-0.3, -0.25) is 9.62 Å². The molecule has 1 fully saturated rings. The number of nitrogens with zero attached hydrogens (tertiary/aromatic N) is 2. The summed E-state index contributed by atoms with van der Waals surface area (Å²) in [7, 11) is -3.35. The molecule has 0 aliphatic carbocycles. The van der Waals surface area contributed by atoms with Gasteiger partial charge < -0.3 is 19.7 Å². The lowest BCUT2D eigenvalue weighted by Gasteiger charge is -2.38. The van der Waals surface area contributed by atoms with Crippen molar-refractivity contribution in [3.05, 3.63) is 78.4 Å². The van der Waals surface area contributed by atoms with Crippen LogP contribution in [0.15, 0.2) is 72.8 Å². The third-order valence-electron chi connectivity index (χ3n) is 7.05. The average Bonchev–Trinajstić information content (AvgIpc) is 2.95. The van der Waals surface area contributed by atoms with Gasteiger partial charge in [0.05, 0.1) is 6.26 Å². The van der Waals surface area contributed by atoms with Crippen LogP contribution < -0.4 is 19.5 Å². The smallest absolute Gasteiger partial charge is 0.457 e. The first-order valence-corrected chi connectivity index (χ1v) is 16.3. The minimum Gasteiger partial charge on any atom is -0.457 e. The molecule has 45 heavy (non-hydrogen) atoms. The highest BCUT2D eigenvalue weighted by Gasteiger charge is 2.31. The molecular formula is C31H38ClF3N4O5S. The maximum atomic E-state index is 13.2. The second-order valence-corrected chi connectivity index (χ2v) is 12.5. The lowest BCUT2D eigenvalue weighted by Crippen LogP contribution is -2.49. The monoisotopic (exact) mass is 670 g/mol. The van der Waals surface area contributed by atoms with E-state index in [1.54, 1.807) is 29.2 Å². The number of likely N-dealkylation sites (tertiary alicyclic amines) is 1. The van der Waals surface area contributed by atoms with E-state index in [1.165, 1.54) is 18.2 Å². The number of carbonyl (C=O) groups excluding carboxylic acids is 1. The van der Waals surface area contributed by atoms with E-state index in [0.29, 0.717) is 23.7 Å². The molecule has 0 spiro atoms. The Balaban J connectivity index is 0.00000552. The molecule has 0 aromatic heterocycles. The molecule has 1 aliphatic rings. The van der Waals surface area contributed by atoms with E-state index < -0.39 is 16.4 Å². The molecule has 0 unspecified atom stereocenters. The fourth-order valence-corrected chi connectivity index (χ4v) is 5.56. The first-order chi connectivity index (χ1) is 20.9. The molecule has 0 atom stereocenters. The summed E-state index contributed by atoms with van der Waals surface area (Å²) >= 11 is 0. The van der Waals surface area contributed by atoms with Crippen molar-refractivity contribution in [1.82, 2.24) is 9.80 Å². The lowest BCUT2D eigenvalue weighted by atomic mass is 10.0. The Labute approximate surface area is 268 Å². The van der Waals surface area contributed by atoms with Crippen LogP contribution in [0, 0.1) is 0 Å². The summed E-state index contributed by atoms with van der Waals surface area (Å²) in [5, 5.41) is 2.75. The zero-order valence-electron chi connectivity index (χ0n) is 25.0. The number of amides is 2. The van der Waals surface area contributed by atoms with Crippen molar-refractivity contribution in [2.45, 2.75) is 51.6 Å². The molecule has 1 saturated heterocycles. The van der Waals surface area contributed by atoms with Gasteiger partial charge in [-0.15, -0.1) is 25.6 Å². The zero-order valence-corrected chi connectivity index (χ0v) is 26.7. The fraction of sp³-hybridized carbons (Fsp3) is 0.387. The Morgan fingerprint density at radius 2 is 1.58 bits per heavy atom. The number of ether oxygens (including phenoxy) is 2. The Morgan fingerprint density at radius 1 is 0.956 bits per heavy atom. The number of halogens is 4. The molecule has 2 N–H and O–H groups in total. The highest BCUT2D eigenvalue weighted by Crippen LogP contribution is 2.27. The minimum absolute atomic E-state index is 0. The van der Waals surface area contributed by atoms with E-state index in [9.17, 15) is 26.4 Å². The highest BCUT2D eigenvalue weighted by atomic mass is 35.5. The first-order valence-electron chi connectivity index (χ1n) is 14.4. The van der Waals surface area contributed by atoms with Gasteiger partial charge in [0.25, 0.3) is 0 Å². The second kappa shape index (κ2) is 16.1. The van der Waals surface area contributed by atoms with Gasteiger partial charge in [-0.05, 0) is 73.4 Å². The molecule has 9 nitrogen and oxygen atoms in total. The molecule has 246 valence electrons. The van der Waals surface area contributed by atoms with Crippen LogP contribution in [0.25, 0.3) is 0 Å². The Bertz CT molecular complexity index is 1480. The summed E-state index contributed by atoms with van der Waals surface area (Å²) in [4.78, 5) is 17.3. The van der Waals surface area contributed by atoms with E-state index in [2.05, 4.69) is 19.7 Å². The molecule has 4 rings (SSSR count). The van der Waals surface area contributed by atoms with E-state index in [1.807, 2.05) is 31.2 Å². The molecule has 14 heteroatoms. The summed E-state index contributed by atoms with van der Waals surface area (Å²) in [6, 6.07) is 19.4. The average molecular weight is 671 g/mol. The van der Waals surface area contributed by atoms with Crippen LogP contribution in [0.3, 0.4) is 0 Å². The Kier molecular flexibility index (Phi) is 12.8. The van der Waals surface area contributed by atoms with Gasteiger partial charge >= 0.3 is 12.4 Å². The maximum Gasteiger partial charge on any atom is 0.573 e. The maximum absolute atomic E-state index is 13.2. The first kappa shape index (κ1) is 35.8. The normalized spacial score (nSPS) is 14.2. The van der Waals surface area contributed by atoms with Crippen molar-refractivity contribution in [2.75, 3.05) is 35.9 Å². The van der Waals surface area contributed by atoms with Crippen molar-refractivity contribution in [3.63, 3.8) is 0 Å². The Hall–Kier alpha value is -3.68. The van der Waals surface area contributed by atoms with Crippen molar-refractivity contribution < 1.29 is 35.9 Å². The number of nitrogens with one attached hydrogen (secondary N) is 2. The van der Waals surface area contributed by atoms with Crippen LogP contribution in [-0.4, -0.2) is 62.5 Å². The quantitative estimate of drug-likeness (QED) is 0.207. The van der Waals surface area contributed by atoms with E-state index in [4.69, 9.17) is 4.74 Å². The summed E-state index contributed by atoms with van der Waals surface area (Å²) in [6.45, 7) is 4.93. The summed E-state index contributed by atoms with van der Waals surface area (Å²) < 4.78 is 72.9. The SMILES string of the molecule is CCCCN(C(=O)Nc1cccc(OC(F)(F)F)c1)C1CCN(Cc2ccc(Oc3ccc(NS(C)(=O)=O)cc3)cc2)CC1.Cl. The highest BCUT2D eigenvalue weighted by molar-refractivity contribution is 7.92. The predicted octanol–water partition coefficient (Wildman–Crippen LogP) is 7.47. The number of anilines is 2. The number of alkyl halides is 3. The summed E-state index contributed by atoms with van der Waals surface area (Å²) in [5.74, 6) is 0.851. The van der Waals surface area contributed by atoms with Crippen LogP contribution in [0.1, 0.15) is 38.2 Å². The van der Waals surface area contributed by atoms with Crippen LogP contribution in [-0.2, 0) is 16.6 Å². The molecule has 3 aromatic rings. The third kappa shape index (κ3) is 12.0. The van der Waals surface area contributed by atoms with E-state index in [-0.39, 0.29) is 35.9 Å². The zero-order chi connectivity index (χ0) is 31.7. The standard InChI is InChI=1S/C31H37F3N4O5S.ClH/c1-3-4-18-38(30(39)35-25-6-5-7-29(21-25)43-31(32,33)34)26-16-19-37(20-17-26)22-23-8-12-27(13-9-23)42-28-14-10-24(11-15-28)36-44(2,40)41;/h5-15,21,26,36H,3-4,16-20,22H2,1-2H3,(H,35,39);1H. The van der Waals surface area contributed by atoms with Gasteiger partial charge in [0.2, 0.25) is 10.0 Å². The summed E-state index contributed by atoms with van der Waals surface area (Å²) in [5.41, 5.74) is 1.81. The molecule has 0 radical (unpaired) electrons. The predicted molar refractivity (Wildman–Crippen MR) is 171 cm³/mol. The Morgan fingerprint density at radius 3 is 2.16 bits per heavy atom. The lowest BCUT2D eigenvalue weighted by molar-refractivity contribution is -0.274. The molecule has 1 heterocycles. The van der Waals surface area contributed by atoms with Crippen LogP contribution in [0.2, 0.25) is 0 Å². The van der Waals surface area contributed by atoms with Crippen molar-refractivity contribution in [2.24, 2.45) is 0 Å². The number of benzene rings is 3. The number of hydrogen-bond donors (Lipinski definition) is 2. The number of carbonyl (C=O) groups is 1. The van der Waals surface area contributed by atoms with Crippen molar-refractivity contribution >= 4 is 39.8 Å². The number of sulfonamides is 1. The van der Waals surface area contributed by atoms with Crippen molar-refractivity contribution in [3.8, 4) is 17.2 Å².